The molecule has 0 fully saturated rings. The van der Waals surface area contributed by atoms with E-state index < -0.39 is 11.5 Å². The Morgan fingerprint density at radius 3 is 2.29 bits per heavy atom. The van der Waals surface area contributed by atoms with Crippen LogP contribution in [0.2, 0.25) is 0 Å². The number of nitrogens with zero attached hydrogens (tertiary/aromatic N) is 2. The van der Waals surface area contributed by atoms with Crippen molar-refractivity contribution >= 4 is 23.4 Å². The first-order chi connectivity index (χ1) is 25.0. The molecular weight excluding hydrogens is 649 g/mol. The van der Waals surface area contributed by atoms with Gasteiger partial charge in [-0.3, -0.25) is 9.79 Å². The molecule has 2 aromatic carbocycles. The first-order valence-corrected chi connectivity index (χ1v) is 19.3. The van der Waals surface area contributed by atoms with E-state index in [2.05, 4.69) is 67.3 Å². The highest BCUT2D eigenvalue weighted by Gasteiger charge is 2.29. The van der Waals surface area contributed by atoms with Gasteiger partial charge in [0.1, 0.15) is 18.2 Å². The van der Waals surface area contributed by atoms with Crippen molar-refractivity contribution < 1.29 is 19.1 Å². The Labute approximate surface area is 315 Å². The number of benzene rings is 2. The van der Waals surface area contributed by atoms with E-state index >= 15 is 0 Å². The van der Waals surface area contributed by atoms with Crippen molar-refractivity contribution in [1.82, 2.24) is 10.6 Å². The topological polar surface area (TPSA) is 92.3 Å². The number of para-hydroxylation sites is 1. The maximum Gasteiger partial charge on any atom is 0.337 e. The fourth-order valence-electron chi connectivity index (χ4n) is 5.57. The molecule has 1 aliphatic carbocycles. The molecule has 2 N–H and O–H groups in total. The van der Waals surface area contributed by atoms with Crippen LogP contribution >= 0.6 is 0 Å². The molecule has 2 atom stereocenters. The number of carbonyl (C=O) groups excluding carboxylic acids is 2. The van der Waals surface area contributed by atoms with E-state index in [1.54, 1.807) is 19.2 Å². The van der Waals surface area contributed by atoms with E-state index in [4.69, 9.17) is 9.47 Å². The summed E-state index contributed by atoms with van der Waals surface area (Å²) in [7, 11) is 3.06. The number of fused-ring (bicyclic) bond motifs is 1. The van der Waals surface area contributed by atoms with Gasteiger partial charge >= 0.3 is 5.97 Å². The van der Waals surface area contributed by atoms with Crippen LogP contribution in [-0.4, -0.2) is 50.6 Å². The van der Waals surface area contributed by atoms with Crippen LogP contribution in [0.25, 0.3) is 0 Å². The standard InChI is InChI=1S/C36H46N4O4.C4H10.2C2H6/c1-8-24(2)25(3)30-19-17-27(22-31(30)40-20-21-44-32-15-10-9-12-28(32)23-40)33(41)39-36(4,5)35(37-6)38-29-14-11-13-26(16-18-29)34(42)43-7;1-3-4-2;2*1-2/h9-13,15-19,22,24-25H,8,14,20-21,23H2,1-7H3,(H,37,38)(H,39,41);3-4H2,1-2H3;2*1-2H3. The molecule has 288 valence electrons. The van der Waals surface area contributed by atoms with E-state index in [9.17, 15) is 9.59 Å². The third kappa shape index (κ3) is 13.3. The number of nitrogens with one attached hydrogen (secondary N) is 2. The summed E-state index contributed by atoms with van der Waals surface area (Å²) in [5, 5.41) is 6.56. The van der Waals surface area contributed by atoms with E-state index in [0.29, 0.717) is 48.4 Å². The minimum absolute atomic E-state index is 0.184. The number of carbonyl (C=O) groups is 2. The number of hydrogen-bond acceptors (Lipinski definition) is 6. The number of hydrogen-bond donors (Lipinski definition) is 2. The van der Waals surface area contributed by atoms with Crippen LogP contribution in [0, 0.1) is 5.92 Å². The normalized spacial score (nSPS) is 14.9. The number of aliphatic imine (C=N–C) groups is 1. The van der Waals surface area contributed by atoms with E-state index in [-0.39, 0.29) is 5.91 Å². The predicted molar refractivity (Wildman–Crippen MR) is 221 cm³/mol. The summed E-state index contributed by atoms with van der Waals surface area (Å²) in [6.45, 7) is 25.0. The van der Waals surface area contributed by atoms with Gasteiger partial charge in [0.2, 0.25) is 0 Å². The summed E-state index contributed by atoms with van der Waals surface area (Å²) in [5.74, 6) is 1.75. The molecule has 2 unspecified atom stereocenters. The van der Waals surface area contributed by atoms with Crippen molar-refractivity contribution in [1.29, 1.82) is 0 Å². The molecule has 1 amide bonds. The summed E-state index contributed by atoms with van der Waals surface area (Å²) in [6.07, 6.45) is 11.5. The Hall–Kier alpha value is -4.33. The average molecular weight is 717 g/mol. The fourth-order valence-corrected chi connectivity index (χ4v) is 5.57. The molecule has 0 radical (unpaired) electrons. The summed E-state index contributed by atoms with van der Waals surface area (Å²) in [4.78, 5) is 32.6. The third-order valence-electron chi connectivity index (χ3n) is 9.11. The van der Waals surface area contributed by atoms with Crippen LogP contribution in [0.15, 0.2) is 83.0 Å². The highest BCUT2D eigenvalue weighted by atomic mass is 16.5. The second kappa shape index (κ2) is 24.0. The Bertz CT molecular complexity index is 1520. The highest BCUT2D eigenvalue weighted by molar-refractivity contribution is 6.01. The van der Waals surface area contributed by atoms with Crippen LogP contribution < -0.4 is 20.3 Å². The van der Waals surface area contributed by atoms with Crippen LogP contribution in [0.5, 0.6) is 5.75 Å². The zero-order chi connectivity index (χ0) is 39.3. The van der Waals surface area contributed by atoms with Gasteiger partial charge in [0.25, 0.3) is 5.91 Å². The maximum absolute atomic E-state index is 13.8. The number of unbranched alkanes of at least 4 members (excludes halogenated alkanes) is 1. The smallest absolute Gasteiger partial charge is 0.337 e. The van der Waals surface area contributed by atoms with Crippen molar-refractivity contribution in [2.75, 3.05) is 32.2 Å². The number of amidine groups is 1. The first-order valence-electron chi connectivity index (χ1n) is 19.3. The molecular formula is C44H68N4O4. The summed E-state index contributed by atoms with van der Waals surface area (Å²) >= 11 is 0. The lowest BCUT2D eigenvalue weighted by Crippen LogP contribution is -2.54. The van der Waals surface area contributed by atoms with Gasteiger partial charge in [-0.25, -0.2) is 4.79 Å². The van der Waals surface area contributed by atoms with Gasteiger partial charge in [-0.2, -0.15) is 0 Å². The van der Waals surface area contributed by atoms with E-state index in [1.165, 1.54) is 25.5 Å². The van der Waals surface area contributed by atoms with Gasteiger partial charge in [-0.05, 0) is 61.6 Å². The van der Waals surface area contributed by atoms with Gasteiger partial charge in [0.15, 0.2) is 0 Å². The molecule has 52 heavy (non-hydrogen) atoms. The number of ether oxygens (including phenoxy) is 2. The molecule has 8 heteroatoms. The number of esters is 1. The fraction of sp³-hybridized carbons (Fsp3) is 0.523. The molecule has 0 saturated heterocycles. The largest absolute Gasteiger partial charge is 0.491 e. The average Bonchev–Trinajstić information content (AvgIpc) is 3.56. The molecule has 0 aromatic heterocycles. The Morgan fingerprint density at radius 1 is 1.00 bits per heavy atom. The second-order valence-corrected chi connectivity index (χ2v) is 13.0. The number of allylic oxidation sites excluding steroid dienone is 3. The first kappa shape index (κ1) is 45.7. The SMILES string of the molecule is CC.CC.CCC(C)C(C)c1ccc(C(=O)NC(C)(C)C(=NC)NC2=CC=C(C(=O)OC)C=CC2)cc1N1CCOc2ccccc2C1.CCCC. The number of amides is 1. The number of rotatable bonds is 10. The minimum atomic E-state index is -0.810. The van der Waals surface area contributed by atoms with Crippen LogP contribution in [0.3, 0.4) is 0 Å². The van der Waals surface area contributed by atoms with Crippen LogP contribution in [0.4, 0.5) is 5.69 Å². The van der Waals surface area contributed by atoms with Crippen molar-refractivity contribution in [2.45, 2.75) is 120 Å². The lowest BCUT2D eigenvalue weighted by Gasteiger charge is -2.31. The van der Waals surface area contributed by atoms with Gasteiger partial charge in [-0.1, -0.05) is 118 Å². The quantitative estimate of drug-likeness (QED) is 0.144. The molecule has 1 heterocycles. The molecule has 0 saturated carbocycles. The van der Waals surface area contributed by atoms with Gasteiger partial charge < -0.3 is 25.0 Å². The lowest BCUT2D eigenvalue weighted by molar-refractivity contribution is -0.135. The minimum Gasteiger partial charge on any atom is -0.491 e. The monoisotopic (exact) mass is 717 g/mol. The van der Waals surface area contributed by atoms with Crippen LogP contribution in [-0.2, 0) is 16.1 Å². The Kier molecular flexibility index (Phi) is 21.1. The predicted octanol–water partition coefficient (Wildman–Crippen LogP) is 10.2. The van der Waals surface area contributed by atoms with Crippen molar-refractivity contribution in [2.24, 2.45) is 10.9 Å². The maximum atomic E-state index is 13.8. The molecule has 4 rings (SSSR count). The number of methoxy groups -OCH3 is 1. The van der Waals surface area contributed by atoms with Crippen molar-refractivity contribution in [3.8, 4) is 5.75 Å². The molecule has 2 aromatic rings. The Balaban J connectivity index is 0.00000155. The molecule has 1 aliphatic heterocycles. The zero-order valence-electron chi connectivity index (χ0n) is 34.5. The van der Waals surface area contributed by atoms with Crippen molar-refractivity contribution in [3.05, 3.63) is 94.7 Å². The van der Waals surface area contributed by atoms with E-state index in [0.717, 1.165) is 35.7 Å². The molecule has 2 aliphatic rings. The Morgan fingerprint density at radius 2 is 1.67 bits per heavy atom. The summed E-state index contributed by atoms with van der Waals surface area (Å²) in [6, 6.07) is 14.2. The third-order valence-corrected chi connectivity index (χ3v) is 9.11. The lowest BCUT2D eigenvalue weighted by atomic mass is 9.85. The highest BCUT2D eigenvalue weighted by Crippen LogP contribution is 2.36. The molecule has 0 bridgehead atoms. The van der Waals surface area contributed by atoms with Gasteiger partial charge in [0, 0.05) is 42.5 Å². The summed E-state index contributed by atoms with van der Waals surface area (Å²) in [5.41, 5.74) is 4.52. The summed E-state index contributed by atoms with van der Waals surface area (Å²) < 4.78 is 10.9. The molecule has 0 spiro atoms. The van der Waals surface area contributed by atoms with Gasteiger partial charge in [-0.15, -0.1) is 0 Å². The molecule has 8 nitrogen and oxygen atoms in total. The second-order valence-electron chi connectivity index (χ2n) is 13.0. The van der Waals surface area contributed by atoms with Crippen molar-refractivity contribution in [3.63, 3.8) is 0 Å². The number of anilines is 1. The zero-order valence-corrected chi connectivity index (χ0v) is 34.5. The van der Waals surface area contributed by atoms with Gasteiger partial charge in [0.05, 0.1) is 24.8 Å². The van der Waals surface area contributed by atoms with E-state index in [1.807, 2.05) is 84.0 Å². The van der Waals surface area contributed by atoms with Crippen LogP contribution in [0.1, 0.15) is 129 Å².